The predicted molar refractivity (Wildman–Crippen MR) is 102 cm³/mol. The Hall–Kier alpha value is -1.51. The van der Waals surface area contributed by atoms with Crippen molar-refractivity contribution in [2.24, 2.45) is 0 Å². The lowest BCUT2D eigenvalue weighted by Gasteiger charge is -2.11. The Bertz CT molecular complexity index is 728. The van der Waals surface area contributed by atoms with Gasteiger partial charge >= 0.3 is 6.61 Å². The van der Waals surface area contributed by atoms with E-state index in [1.54, 1.807) is 12.1 Å². The predicted octanol–water partition coefficient (Wildman–Crippen LogP) is 4.60. The van der Waals surface area contributed by atoms with E-state index in [1.807, 2.05) is 12.1 Å². The van der Waals surface area contributed by atoms with E-state index in [9.17, 15) is 13.6 Å². The van der Waals surface area contributed by atoms with Crippen LogP contribution in [0.4, 0.5) is 8.78 Å². The van der Waals surface area contributed by atoms with Crippen molar-refractivity contribution in [2.45, 2.75) is 18.8 Å². The molecule has 26 heavy (non-hydrogen) atoms. The van der Waals surface area contributed by atoms with Crippen molar-refractivity contribution in [3.63, 3.8) is 0 Å². The summed E-state index contributed by atoms with van der Waals surface area (Å²) in [7, 11) is 1.39. The van der Waals surface area contributed by atoms with Gasteiger partial charge in [-0.2, -0.15) is 8.78 Å². The first-order chi connectivity index (χ1) is 12.5. The summed E-state index contributed by atoms with van der Waals surface area (Å²) in [5.41, 5.74) is 0.852. The summed E-state index contributed by atoms with van der Waals surface area (Å²) in [6.07, 6.45) is 0.558. The average molecular weight is 422 g/mol. The molecule has 0 aliphatic carbocycles. The molecule has 0 atom stereocenters. The summed E-state index contributed by atoms with van der Waals surface area (Å²) in [5.74, 6) is 1.27. The Balaban J connectivity index is 1.72. The van der Waals surface area contributed by atoms with Gasteiger partial charge in [-0.05, 0) is 36.2 Å². The average Bonchev–Trinajstić information content (AvgIpc) is 3.01. The number of benzene rings is 1. The number of halogens is 3. The first-order valence-electron chi connectivity index (χ1n) is 7.68. The maximum atomic E-state index is 12.3. The minimum atomic E-state index is -2.91. The summed E-state index contributed by atoms with van der Waals surface area (Å²) >= 11 is 8.89. The Morgan fingerprint density at radius 3 is 2.77 bits per heavy atom. The molecule has 0 bridgehead atoms. The number of amides is 1. The molecule has 2 aromatic rings. The quantitative estimate of drug-likeness (QED) is 0.609. The minimum absolute atomic E-state index is 0.0135. The van der Waals surface area contributed by atoms with Crippen molar-refractivity contribution < 1.29 is 23.0 Å². The lowest BCUT2D eigenvalue weighted by Crippen LogP contribution is -2.27. The van der Waals surface area contributed by atoms with E-state index in [2.05, 4.69) is 10.1 Å². The standard InChI is InChI=1S/C17H18ClF2NO3S2/c1-23-14-8-11(2-4-13(14)24-17(19)20)6-7-21-16(22)10-25-9-12-3-5-15(18)26-12/h2-5,8,17H,6-7,9-10H2,1H3,(H,21,22). The zero-order chi connectivity index (χ0) is 18.9. The second-order valence-electron chi connectivity index (χ2n) is 5.16. The number of carbonyl (C=O) groups is 1. The van der Waals surface area contributed by atoms with E-state index in [4.69, 9.17) is 16.3 Å². The maximum absolute atomic E-state index is 12.3. The first kappa shape index (κ1) is 20.8. The molecule has 0 spiro atoms. The topological polar surface area (TPSA) is 47.6 Å². The molecule has 0 aliphatic heterocycles. The number of alkyl halides is 2. The van der Waals surface area contributed by atoms with Crippen molar-refractivity contribution >= 4 is 40.6 Å². The van der Waals surface area contributed by atoms with Gasteiger partial charge in [0.1, 0.15) is 0 Å². The highest BCUT2D eigenvalue weighted by atomic mass is 35.5. The number of carbonyl (C=O) groups excluding carboxylic acids is 1. The van der Waals surface area contributed by atoms with Gasteiger partial charge < -0.3 is 14.8 Å². The van der Waals surface area contributed by atoms with Crippen LogP contribution in [0.2, 0.25) is 4.34 Å². The van der Waals surface area contributed by atoms with Crippen LogP contribution in [0.25, 0.3) is 0 Å². The van der Waals surface area contributed by atoms with Crippen LogP contribution in [0.1, 0.15) is 10.4 Å². The molecule has 1 heterocycles. The third-order valence-electron chi connectivity index (χ3n) is 3.29. The lowest BCUT2D eigenvalue weighted by molar-refractivity contribution is -0.118. The number of hydrogen-bond donors (Lipinski definition) is 1. The minimum Gasteiger partial charge on any atom is -0.493 e. The van der Waals surface area contributed by atoms with Gasteiger partial charge in [0.05, 0.1) is 17.2 Å². The van der Waals surface area contributed by atoms with Gasteiger partial charge in [-0.25, -0.2) is 0 Å². The van der Waals surface area contributed by atoms with Crippen LogP contribution in [-0.2, 0) is 17.0 Å². The third-order valence-corrected chi connectivity index (χ3v) is 5.68. The largest absolute Gasteiger partial charge is 0.493 e. The molecular weight excluding hydrogens is 404 g/mol. The number of ether oxygens (including phenoxy) is 2. The number of thioether (sulfide) groups is 1. The van der Waals surface area contributed by atoms with Gasteiger partial charge in [-0.3, -0.25) is 4.79 Å². The van der Waals surface area contributed by atoms with Crippen LogP contribution < -0.4 is 14.8 Å². The van der Waals surface area contributed by atoms with Gasteiger partial charge in [-0.1, -0.05) is 17.7 Å². The summed E-state index contributed by atoms with van der Waals surface area (Å²) in [5, 5.41) is 2.83. The summed E-state index contributed by atoms with van der Waals surface area (Å²) in [4.78, 5) is 13.0. The van der Waals surface area contributed by atoms with E-state index < -0.39 is 6.61 Å². The van der Waals surface area contributed by atoms with E-state index in [-0.39, 0.29) is 17.4 Å². The van der Waals surface area contributed by atoms with E-state index in [0.717, 1.165) is 20.5 Å². The summed E-state index contributed by atoms with van der Waals surface area (Å²) in [6.45, 7) is -2.46. The summed E-state index contributed by atoms with van der Waals surface area (Å²) < 4.78 is 34.8. The highest BCUT2D eigenvalue weighted by Gasteiger charge is 2.11. The van der Waals surface area contributed by atoms with E-state index >= 15 is 0 Å². The molecular formula is C17H18ClF2NO3S2. The Morgan fingerprint density at radius 1 is 1.31 bits per heavy atom. The van der Waals surface area contributed by atoms with Crippen LogP contribution in [0, 0.1) is 0 Å². The van der Waals surface area contributed by atoms with Crippen molar-refractivity contribution in [1.29, 1.82) is 0 Å². The third kappa shape index (κ3) is 7.01. The van der Waals surface area contributed by atoms with Gasteiger partial charge in [0.15, 0.2) is 11.5 Å². The summed E-state index contributed by atoms with van der Waals surface area (Å²) in [6, 6.07) is 8.52. The molecule has 0 saturated carbocycles. The fourth-order valence-corrected chi connectivity index (χ4v) is 4.19. The van der Waals surface area contributed by atoms with Gasteiger partial charge in [-0.15, -0.1) is 23.1 Å². The zero-order valence-corrected chi connectivity index (χ0v) is 16.4. The van der Waals surface area contributed by atoms with Crippen molar-refractivity contribution in [2.75, 3.05) is 19.4 Å². The smallest absolute Gasteiger partial charge is 0.387 e. The monoisotopic (exact) mass is 421 g/mol. The van der Waals surface area contributed by atoms with Crippen LogP contribution in [0.5, 0.6) is 11.5 Å². The van der Waals surface area contributed by atoms with Gasteiger partial charge in [0.25, 0.3) is 0 Å². The molecule has 0 unspecified atom stereocenters. The van der Waals surface area contributed by atoms with Crippen LogP contribution in [-0.4, -0.2) is 31.9 Å². The van der Waals surface area contributed by atoms with E-state index in [0.29, 0.717) is 18.7 Å². The molecule has 142 valence electrons. The van der Waals surface area contributed by atoms with Crippen molar-refractivity contribution in [3.8, 4) is 11.5 Å². The van der Waals surface area contributed by atoms with Gasteiger partial charge in [0.2, 0.25) is 5.91 Å². The molecule has 1 aromatic heterocycles. The van der Waals surface area contributed by atoms with Crippen molar-refractivity contribution in [3.05, 3.63) is 45.1 Å². The van der Waals surface area contributed by atoms with E-state index in [1.165, 1.54) is 36.3 Å². The number of hydrogen-bond acceptors (Lipinski definition) is 5. The molecule has 0 aliphatic rings. The number of nitrogens with one attached hydrogen (secondary N) is 1. The molecule has 1 aromatic carbocycles. The lowest BCUT2D eigenvalue weighted by atomic mass is 10.1. The Morgan fingerprint density at radius 2 is 2.12 bits per heavy atom. The fourth-order valence-electron chi connectivity index (χ4n) is 2.13. The molecule has 0 fully saturated rings. The second kappa shape index (κ2) is 10.6. The molecule has 0 radical (unpaired) electrons. The van der Waals surface area contributed by atoms with Gasteiger partial charge in [0, 0.05) is 17.2 Å². The molecule has 0 saturated heterocycles. The highest BCUT2D eigenvalue weighted by molar-refractivity contribution is 7.99. The molecule has 2 rings (SSSR count). The fraction of sp³-hybridized carbons (Fsp3) is 0.353. The highest BCUT2D eigenvalue weighted by Crippen LogP contribution is 2.29. The number of methoxy groups -OCH3 is 1. The molecule has 1 N–H and O–H groups in total. The maximum Gasteiger partial charge on any atom is 0.387 e. The molecule has 9 heteroatoms. The normalized spacial score (nSPS) is 10.8. The van der Waals surface area contributed by atoms with Crippen LogP contribution in [0.3, 0.4) is 0 Å². The Labute approximate surface area is 163 Å². The van der Waals surface area contributed by atoms with Crippen molar-refractivity contribution in [1.82, 2.24) is 5.32 Å². The zero-order valence-electron chi connectivity index (χ0n) is 14.0. The number of rotatable bonds is 10. The molecule has 4 nitrogen and oxygen atoms in total. The molecule has 1 amide bonds. The first-order valence-corrected chi connectivity index (χ1v) is 10.0. The second-order valence-corrected chi connectivity index (χ2v) is 7.95. The number of thiophene rings is 1. The SMILES string of the molecule is COc1cc(CCNC(=O)CSCc2ccc(Cl)s2)ccc1OC(F)F. The van der Waals surface area contributed by atoms with Crippen LogP contribution in [0.15, 0.2) is 30.3 Å². The van der Waals surface area contributed by atoms with Crippen LogP contribution >= 0.6 is 34.7 Å². The Kier molecular flexibility index (Phi) is 8.47.